The van der Waals surface area contributed by atoms with Crippen LogP contribution in [0.5, 0.6) is 0 Å². The molecule has 0 amide bonds. The number of furan rings is 1. The van der Waals surface area contributed by atoms with E-state index in [1.807, 2.05) is 0 Å². The van der Waals surface area contributed by atoms with Crippen molar-refractivity contribution in [3.05, 3.63) is 198 Å². The topological polar surface area (TPSA) is 13.1 Å². The van der Waals surface area contributed by atoms with Gasteiger partial charge >= 0.3 is 0 Å². The van der Waals surface area contributed by atoms with E-state index in [2.05, 4.69) is 210 Å². The van der Waals surface area contributed by atoms with Gasteiger partial charge in [0.25, 0.3) is 0 Å². The molecule has 1 aromatic heterocycles. The van der Waals surface area contributed by atoms with Crippen molar-refractivity contribution in [1.82, 2.24) is 0 Å². The standard InChI is InChI=1S/C59H42O/c1-5-15-39-35(2)60-55-34-51-37(32-52(39)55)27-31-53-58(51)50-28-26-38(33-54(50)59(53,3)4)41-29-30-49(43-20-9-8-19-42(41)43)57-47-23-12-10-21-45(47)56(46-22-11-13-24-48(46)57)44-25-14-17-36-16-6-7-18-40(36)44/h5-34H,1-4H3/b15-5-. The molecule has 12 rings (SSSR count). The number of benzene rings is 10. The zero-order chi connectivity index (χ0) is 40.3. The SMILES string of the molecule is C/C=C\c1c(C)oc2cc3c4c(ccc3cc12)C(C)(C)c1cc(-c2ccc(-c3c5ccccc5c(-c5cccc6ccccc56)c5ccccc35)c3ccccc23)ccc1-4. The molecule has 60 heavy (non-hydrogen) atoms. The van der Waals surface area contributed by atoms with Gasteiger partial charge in [-0.25, -0.2) is 0 Å². The smallest absolute Gasteiger partial charge is 0.135 e. The van der Waals surface area contributed by atoms with Crippen LogP contribution in [0.1, 0.15) is 43.2 Å². The summed E-state index contributed by atoms with van der Waals surface area (Å²) < 4.78 is 6.36. The Balaban J connectivity index is 1.05. The van der Waals surface area contributed by atoms with Crippen LogP contribution >= 0.6 is 0 Å². The molecule has 0 saturated heterocycles. The Morgan fingerprint density at radius 3 is 1.67 bits per heavy atom. The lowest BCUT2D eigenvalue weighted by Gasteiger charge is -2.23. The molecule has 10 aromatic carbocycles. The first-order chi connectivity index (χ1) is 29.4. The predicted molar refractivity (Wildman–Crippen MR) is 257 cm³/mol. The summed E-state index contributed by atoms with van der Waals surface area (Å²) in [4.78, 5) is 0. The Kier molecular flexibility index (Phi) is 7.47. The van der Waals surface area contributed by atoms with Gasteiger partial charge in [-0.05, 0) is 142 Å². The molecule has 0 spiro atoms. The van der Waals surface area contributed by atoms with E-state index in [0.29, 0.717) is 0 Å². The Labute approximate surface area is 349 Å². The monoisotopic (exact) mass is 766 g/mol. The molecule has 1 aliphatic carbocycles. The summed E-state index contributed by atoms with van der Waals surface area (Å²) >= 11 is 0. The van der Waals surface area contributed by atoms with Crippen molar-refractivity contribution in [2.75, 3.05) is 0 Å². The van der Waals surface area contributed by atoms with E-state index in [4.69, 9.17) is 4.42 Å². The number of fused-ring (bicyclic) bond motifs is 10. The van der Waals surface area contributed by atoms with Crippen LogP contribution in [-0.2, 0) is 5.41 Å². The summed E-state index contributed by atoms with van der Waals surface area (Å²) in [5.74, 6) is 0.956. The van der Waals surface area contributed by atoms with E-state index in [0.717, 1.165) is 16.9 Å². The minimum absolute atomic E-state index is 0.168. The zero-order valence-electron chi connectivity index (χ0n) is 34.2. The van der Waals surface area contributed by atoms with Crippen molar-refractivity contribution in [3.63, 3.8) is 0 Å². The molecule has 0 bridgehead atoms. The third-order valence-electron chi connectivity index (χ3n) is 13.5. The molecule has 1 heteroatoms. The zero-order valence-corrected chi connectivity index (χ0v) is 34.2. The molecule has 11 aromatic rings. The van der Waals surface area contributed by atoms with E-state index in [1.54, 1.807) is 0 Å². The minimum atomic E-state index is -0.168. The van der Waals surface area contributed by atoms with E-state index in [1.165, 1.54) is 115 Å². The fourth-order valence-corrected chi connectivity index (χ4v) is 10.8. The van der Waals surface area contributed by atoms with Gasteiger partial charge in [-0.2, -0.15) is 0 Å². The minimum Gasteiger partial charge on any atom is -0.461 e. The van der Waals surface area contributed by atoms with Crippen LogP contribution in [0.25, 0.3) is 115 Å². The molecule has 0 atom stereocenters. The van der Waals surface area contributed by atoms with E-state index in [-0.39, 0.29) is 5.41 Å². The maximum atomic E-state index is 6.36. The first-order valence-corrected chi connectivity index (χ1v) is 21.1. The largest absolute Gasteiger partial charge is 0.461 e. The van der Waals surface area contributed by atoms with E-state index < -0.39 is 0 Å². The van der Waals surface area contributed by atoms with Gasteiger partial charge in [0.05, 0.1) is 0 Å². The molecule has 0 aliphatic heterocycles. The Hall–Kier alpha value is -7.22. The Morgan fingerprint density at radius 2 is 0.983 bits per heavy atom. The normalized spacial score (nSPS) is 13.4. The number of aryl methyl sites for hydroxylation is 1. The Morgan fingerprint density at radius 1 is 0.417 bits per heavy atom. The molecule has 0 radical (unpaired) electrons. The van der Waals surface area contributed by atoms with E-state index in [9.17, 15) is 0 Å². The second-order valence-corrected chi connectivity index (χ2v) is 17.1. The quantitative estimate of drug-likeness (QED) is 0.163. The molecular weight excluding hydrogens is 725 g/mol. The molecule has 1 heterocycles. The van der Waals surface area contributed by atoms with Crippen molar-refractivity contribution in [2.45, 2.75) is 33.1 Å². The third-order valence-corrected chi connectivity index (χ3v) is 13.5. The molecule has 0 unspecified atom stereocenters. The molecule has 1 nitrogen and oxygen atoms in total. The Bertz CT molecular complexity index is 3580. The van der Waals surface area contributed by atoms with Crippen LogP contribution in [0.3, 0.4) is 0 Å². The van der Waals surface area contributed by atoms with Crippen molar-refractivity contribution in [2.24, 2.45) is 0 Å². The molecule has 0 fully saturated rings. The maximum Gasteiger partial charge on any atom is 0.135 e. The second-order valence-electron chi connectivity index (χ2n) is 17.1. The molecule has 284 valence electrons. The summed E-state index contributed by atoms with van der Waals surface area (Å²) in [6.07, 6.45) is 4.25. The van der Waals surface area contributed by atoms with Crippen molar-refractivity contribution >= 4 is 70.9 Å². The second kappa shape index (κ2) is 12.9. The summed E-state index contributed by atoms with van der Waals surface area (Å²) in [6, 6.07) is 63.6. The number of hydrogen-bond donors (Lipinski definition) is 0. The van der Waals surface area contributed by atoms with Crippen LogP contribution in [0.2, 0.25) is 0 Å². The highest BCUT2D eigenvalue weighted by Crippen LogP contribution is 2.54. The highest BCUT2D eigenvalue weighted by Gasteiger charge is 2.37. The summed E-state index contributed by atoms with van der Waals surface area (Å²) in [5.41, 5.74) is 14.9. The third kappa shape index (κ3) is 4.87. The number of allylic oxidation sites excluding steroid dienone is 1. The molecule has 0 N–H and O–H groups in total. The molecule has 0 saturated carbocycles. The van der Waals surface area contributed by atoms with Gasteiger partial charge in [0.2, 0.25) is 0 Å². The molecule has 1 aliphatic rings. The van der Waals surface area contributed by atoms with Gasteiger partial charge < -0.3 is 4.42 Å². The van der Waals surface area contributed by atoms with Gasteiger partial charge in [-0.3, -0.25) is 0 Å². The van der Waals surface area contributed by atoms with Gasteiger partial charge in [0, 0.05) is 16.4 Å². The average Bonchev–Trinajstić information content (AvgIpc) is 3.71. The van der Waals surface area contributed by atoms with Gasteiger partial charge in [-0.15, -0.1) is 0 Å². The lowest BCUT2D eigenvalue weighted by atomic mass is 9.80. The predicted octanol–water partition coefficient (Wildman–Crippen LogP) is 16.8. The first kappa shape index (κ1) is 34.8. The molecular formula is C59H42O. The van der Waals surface area contributed by atoms with Crippen LogP contribution < -0.4 is 0 Å². The first-order valence-electron chi connectivity index (χ1n) is 21.1. The fraction of sp³-hybridized carbons (Fsp3) is 0.0847. The summed E-state index contributed by atoms with van der Waals surface area (Å²) in [7, 11) is 0. The van der Waals surface area contributed by atoms with Crippen LogP contribution in [-0.4, -0.2) is 0 Å². The van der Waals surface area contributed by atoms with Crippen molar-refractivity contribution in [1.29, 1.82) is 0 Å². The van der Waals surface area contributed by atoms with Crippen molar-refractivity contribution in [3.8, 4) is 44.5 Å². The fourth-order valence-electron chi connectivity index (χ4n) is 10.8. The summed E-state index contributed by atoms with van der Waals surface area (Å²) in [6.45, 7) is 8.89. The highest BCUT2D eigenvalue weighted by atomic mass is 16.3. The highest BCUT2D eigenvalue weighted by molar-refractivity contribution is 6.25. The lowest BCUT2D eigenvalue weighted by molar-refractivity contribution is 0.578. The van der Waals surface area contributed by atoms with Gasteiger partial charge in [0.1, 0.15) is 11.3 Å². The van der Waals surface area contributed by atoms with Crippen LogP contribution in [0.15, 0.2) is 180 Å². The van der Waals surface area contributed by atoms with Crippen molar-refractivity contribution < 1.29 is 4.42 Å². The van der Waals surface area contributed by atoms with E-state index >= 15 is 0 Å². The summed E-state index contributed by atoms with van der Waals surface area (Å²) in [5, 5.41) is 13.8. The van der Waals surface area contributed by atoms with Gasteiger partial charge in [0.15, 0.2) is 0 Å². The van der Waals surface area contributed by atoms with Crippen LogP contribution in [0.4, 0.5) is 0 Å². The number of rotatable bonds is 4. The van der Waals surface area contributed by atoms with Crippen LogP contribution in [0, 0.1) is 6.92 Å². The number of hydrogen-bond acceptors (Lipinski definition) is 1. The lowest BCUT2D eigenvalue weighted by Crippen LogP contribution is -2.15. The average molecular weight is 767 g/mol. The van der Waals surface area contributed by atoms with Gasteiger partial charge in [-0.1, -0.05) is 178 Å². The maximum absolute atomic E-state index is 6.36.